The summed E-state index contributed by atoms with van der Waals surface area (Å²) >= 11 is 0. The van der Waals surface area contributed by atoms with Gasteiger partial charge in [0.25, 0.3) is 5.89 Å². The number of anilines is 1. The minimum absolute atomic E-state index is 0.00113. The fraction of sp³-hybridized carbons (Fsp3) is 0.278. The zero-order valence-electron chi connectivity index (χ0n) is 14.2. The first-order chi connectivity index (χ1) is 13.0. The number of hydrogen-bond donors (Lipinski definition) is 1. The second-order valence-electron chi connectivity index (χ2n) is 6.10. The Morgan fingerprint density at radius 2 is 2.04 bits per heavy atom. The van der Waals surface area contributed by atoms with E-state index in [9.17, 15) is 12.8 Å². The van der Waals surface area contributed by atoms with Gasteiger partial charge in [-0.05, 0) is 49.2 Å². The van der Waals surface area contributed by atoms with Gasteiger partial charge in [0, 0.05) is 13.2 Å². The monoisotopic (exact) mass is 392 g/mol. The van der Waals surface area contributed by atoms with E-state index in [1.807, 2.05) is 0 Å². The molecular formula is C18H17FN2O5S. The highest BCUT2D eigenvalue weighted by atomic mass is 32.2. The molecule has 142 valence electrons. The van der Waals surface area contributed by atoms with Gasteiger partial charge in [-0.15, -0.1) is 0 Å². The SMILES string of the molecule is O=S(=O)(c1ccc(F)cc1)c1nc(-c2ccco2)oc1NC[C@H]1CCCO1. The van der Waals surface area contributed by atoms with Crippen molar-refractivity contribution in [2.75, 3.05) is 18.5 Å². The summed E-state index contributed by atoms with van der Waals surface area (Å²) in [6, 6.07) is 7.81. The first-order valence-electron chi connectivity index (χ1n) is 8.45. The lowest BCUT2D eigenvalue weighted by Gasteiger charge is -2.10. The zero-order chi connectivity index (χ0) is 18.9. The first kappa shape index (κ1) is 17.7. The van der Waals surface area contributed by atoms with E-state index in [4.69, 9.17) is 13.6 Å². The number of ether oxygens (including phenoxy) is 1. The van der Waals surface area contributed by atoms with Crippen LogP contribution in [0, 0.1) is 5.82 Å². The van der Waals surface area contributed by atoms with Gasteiger partial charge in [0.2, 0.25) is 20.7 Å². The van der Waals surface area contributed by atoms with Crippen molar-refractivity contribution >= 4 is 15.7 Å². The third-order valence-electron chi connectivity index (χ3n) is 4.22. The molecule has 0 bridgehead atoms. The zero-order valence-corrected chi connectivity index (χ0v) is 15.0. The first-order valence-corrected chi connectivity index (χ1v) is 9.93. The Morgan fingerprint density at radius 3 is 2.70 bits per heavy atom. The molecule has 1 saturated heterocycles. The Kier molecular flexibility index (Phi) is 4.71. The number of nitrogens with zero attached hydrogens (tertiary/aromatic N) is 1. The fourth-order valence-electron chi connectivity index (χ4n) is 2.84. The van der Waals surface area contributed by atoms with E-state index < -0.39 is 15.7 Å². The van der Waals surface area contributed by atoms with Gasteiger partial charge < -0.3 is 18.9 Å². The van der Waals surface area contributed by atoms with Crippen LogP contribution in [0.4, 0.5) is 10.3 Å². The predicted octanol–water partition coefficient (Wildman–Crippen LogP) is 3.50. The van der Waals surface area contributed by atoms with Crippen molar-refractivity contribution in [1.29, 1.82) is 0 Å². The summed E-state index contributed by atoms with van der Waals surface area (Å²) in [7, 11) is -4.02. The summed E-state index contributed by atoms with van der Waals surface area (Å²) in [6.45, 7) is 1.07. The Bertz CT molecular complexity index is 1010. The predicted molar refractivity (Wildman–Crippen MR) is 93.5 cm³/mol. The molecular weight excluding hydrogens is 375 g/mol. The lowest BCUT2D eigenvalue weighted by molar-refractivity contribution is 0.120. The van der Waals surface area contributed by atoms with Crippen LogP contribution in [0.25, 0.3) is 11.7 Å². The summed E-state index contributed by atoms with van der Waals surface area (Å²) in [4.78, 5) is 4.04. The van der Waals surface area contributed by atoms with E-state index in [1.54, 1.807) is 12.1 Å². The average molecular weight is 392 g/mol. The Balaban J connectivity index is 1.71. The summed E-state index contributed by atoms with van der Waals surface area (Å²) < 4.78 is 55.6. The molecule has 3 aromatic rings. The van der Waals surface area contributed by atoms with Crippen molar-refractivity contribution in [2.24, 2.45) is 0 Å². The standard InChI is InChI=1S/C18H17FN2O5S/c19-12-5-7-14(8-6-12)27(22,23)18-17(20-11-13-3-1-9-24-13)26-16(21-18)15-4-2-10-25-15/h2,4-8,10,13,20H,1,3,9,11H2/t13-/m1/s1. The Morgan fingerprint density at radius 1 is 1.22 bits per heavy atom. The number of rotatable bonds is 6. The maximum atomic E-state index is 13.2. The summed E-state index contributed by atoms with van der Waals surface area (Å²) in [6.07, 6.45) is 3.25. The highest BCUT2D eigenvalue weighted by molar-refractivity contribution is 7.91. The molecule has 1 aliphatic heterocycles. The number of furan rings is 1. The van der Waals surface area contributed by atoms with Crippen molar-refractivity contribution in [2.45, 2.75) is 28.9 Å². The van der Waals surface area contributed by atoms with Crippen LogP contribution in [0.15, 0.2) is 61.4 Å². The van der Waals surface area contributed by atoms with Crippen molar-refractivity contribution in [3.8, 4) is 11.7 Å². The van der Waals surface area contributed by atoms with Gasteiger partial charge in [-0.25, -0.2) is 12.8 Å². The van der Waals surface area contributed by atoms with Crippen LogP contribution >= 0.6 is 0 Å². The lowest BCUT2D eigenvalue weighted by Crippen LogP contribution is -2.19. The molecule has 1 aromatic carbocycles. The number of halogens is 1. The van der Waals surface area contributed by atoms with E-state index in [-0.39, 0.29) is 27.8 Å². The number of sulfone groups is 1. The number of hydrogen-bond acceptors (Lipinski definition) is 7. The number of nitrogens with one attached hydrogen (secondary N) is 1. The number of aromatic nitrogens is 1. The van der Waals surface area contributed by atoms with Gasteiger partial charge in [0.05, 0.1) is 17.3 Å². The smallest absolute Gasteiger partial charge is 0.266 e. The minimum Gasteiger partial charge on any atom is -0.459 e. The van der Waals surface area contributed by atoms with Gasteiger partial charge in [-0.2, -0.15) is 4.98 Å². The summed E-state index contributed by atoms with van der Waals surface area (Å²) in [5.74, 6) is -0.186. The van der Waals surface area contributed by atoms with Gasteiger partial charge in [0.15, 0.2) is 5.76 Å². The molecule has 2 aromatic heterocycles. The molecule has 4 rings (SSSR count). The fourth-order valence-corrected chi connectivity index (χ4v) is 4.12. The van der Waals surface area contributed by atoms with E-state index in [0.29, 0.717) is 18.9 Å². The molecule has 7 nitrogen and oxygen atoms in total. The highest BCUT2D eigenvalue weighted by Crippen LogP contribution is 2.32. The summed E-state index contributed by atoms with van der Waals surface area (Å²) in [5, 5.41) is 2.70. The normalized spacial score (nSPS) is 17.3. The quantitative estimate of drug-likeness (QED) is 0.642. The van der Waals surface area contributed by atoms with E-state index in [0.717, 1.165) is 25.0 Å². The Hall–Kier alpha value is -2.65. The molecule has 0 unspecified atom stereocenters. The van der Waals surface area contributed by atoms with Gasteiger partial charge in [-0.1, -0.05) is 0 Å². The molecule has 0 saturated carbocycles. The topological polar surface area (TPSA) is 94.6 Å². The minimum atomic E-state index is -4.02. The van der Waals surface area contributed by atoms with Crippen LogP contribution in [-0.4, -0.2) is 32.7 Å². The third-order valence-corrected chi connectivity index (χ3v) is 5.90. The molecule has 3 heterocycles. The van der Waals surface area contributed by atoms with Crippen LogP contribution in [-0.2, 0) is 14.6 Å². The average Bonchev–Trinajstić information content (AvgIpc) is 3.40. The van der Waals surface area contributed by atoms with Crippen LogP contribution in [0.1, 0.15) is 12.8 Å². The molecule has 9 heteroatoms. The molecule has 0 aliphatic carbocycles. The van der Waals surface area contributed by atoms with E-state index in [2.05, 4.69) is 10.3 Å². The maximum absolute atomic E-state index is 13.2. The van der Waals surface area contributed by atoms with E-state index in [1.165, 1.54) is 18.4 Å². The molecule has 0 radical (unpaired) electrons. The van der Waals surface area contributed by atoms with Crippen LogP contribution in [0.3, 0.4) is 0 Å². The third kappa shape index (κ3) is 3.60. The van der Waals surface area contributed by atoms with Crippen molar-refractivity contribution in [1.82, 2.24) is 4.98 Å². The number of benzene rings is 1. The lowest BCUT2D eigenvalue weighted by atomic mass is 10.2. The second-order valence-corrected chi connectivity index (χ2v) is 7.97. The Labute approximate surface area is 155 Å². The second kappa shape index (κ2) is 7.16. The molecule has 1 aliphatic rings. The van der Waals surface area contributed by atoms with Crippen LogP contribution in [0.2, 0.25) is 0 Å². The maximum Gasteiger partial charge on any atom is 0.266 e. The summed E-state index contributed by atoms with van der Waals surface area (Å²) in [5.41, 5.74) is 0. The molecule has 27 heavy (non-hydrogen) atoms. The van der Waals surface area contributed by atoms with Crippen molar-refractivity contribution in [3.63, 3.8) is 0 Å². The highest BCUT2D eigenvalue weighted by Gasteiger charge is 2.30. The van der Waals surface area contributed by atoms with Gasteiger partial charge in [0.1, 0.15) is 5.82 Å². The van der Waals surface area contributed by atoms with Crippen LogP contribution < -0.4 is 5.32 Å². The largest absolute Gasteiger partial charge is 0.459 e. The molecule has 1 atom stereocenters. The van der Waals surface area contributed by atoms with E-state index >= 15 is 0 Å². The van der Waals surface area contributed by atoms with Crippen molar-refractivity contribution in [3.05, 3.63) is 48.5 Å². The molecule has 1 N–H and O–H groups in total. The van der Waals surface area contributed by atoms with Gasteiger partial charge in [-0.3, -0.25) is 0 Å². The van der Waals surface area contributed by atoms with Gasteiger partial charge >= 0.3 is 0 Å². The number of oxazole rings is 1. The molecule has 1 fully saturated rings. The molecule has 0 spiro atoms. The molecule has 0 amide bonds. The van der Waals surface area contributed by atoms with Crippen molar-refractivity contribution < 1.29 is 26.4 Å². The van der Waals surface area contributed by atoms with Crippen LogP contribution in [0.5, 0.6) is 0 Å².